The Hall–Kier alpha value is -2.54. The fourth-order valence-electron chi connectivity index (χ4n) is 3.62. The summed E-state index contributed by atoms with van der Waals surface area (Å²) in [6, 6.07) is 29.8. The first kappa shape index (κ1) is 21.7. The molecule has 0 aromatic heterocycles. The molecule has 31 heavy (non-hydrogen) atoms. The lowest BCUT2D eigenvalue weighted by Gasteiger charge is -2.24. The number of aliphatic hydroxyl groups excluding tert-OH is 1. The molecule has 3 aromatic rings. The molecular weight excluding hydrogens is 392 g/mol. The van der Waals surface area contributed by atoms with Crippen LogP contribution in [-0.2, 0) is 38.8 Å². The van der Waals surface area contributed by atoms with E-state index in [1.165, 1.54) is 0 Å². The molecule has 0 saturated carbocycles. The van der Waals surface area contributed by atoms with Crippen molar-refractivity contribution in [3.05, 3.63) is 108 Å². The standard InChI is InChI=1S/C26H28O5/c27-26-25(30-18-22-14-8-3-9-15-22)24(29-17-21-12-6-2-7-13-21)23(31-26)19-28-16-20-10-4-1-5-11-20/h1-15,23-27H,16-19H2/t23-,24-,25?,26+/m0/s1. The van der Waals surface area contributed by atoms with Gasteiger partial charge in [0.05, 0.1) is 26.4 Å². The van der Waals surface area contributed by atoms with E-state index in [9.17, 15) is 5.11 Å². The number of aliphatic hydroxyl groups is 1. The van der Waals surface area contributed by atoms with Gasteiger partial charge in [-0.15, -0.1) is 0 Å². The first-order valence-corrected chi connectivity index (χ1v) is 10.6. The second kappa shape index (κ2) is 11.2. The summed E-state index contributed by atoms with van der Waals surface area (Å²) >= 11 is 0. The molecule has 5 heteroatoms. The summed E-state index contributed by atoms with van der Waals surface area (Å²) in [5.41, 5.74) is 3.16. The molecule has 4 atom stereocenters. The third kappa shape index (κ3) is 6.23. The van der Waals surface area contributed by atoms with Crippen LogP contribution in [0.5, 0.6) is 0 Å². The minimum absolute atomic E-state index is 0.302. The van der Waals surface area contributed by atoms with Gasteiger partial charge in [0.2, 0.25) is 0 Å². The highest BCUT2D eigenvalue weighted by Gasteiger charge is 2.45. The fraction of sp³-hybridized carbons (Fsp3) is 0.308. The third-order valence-electron chi connectivity index (χ3n) is 5.25. The fourth-order valence-corrected chi connectivity index (χ4v) is 3.62. The maximum Gasteiger partial charge on any atom is 0.184 e. The predicted molar refractivity (Wildman–Crippen MR) is 117 cm³/mol. The lowest BCUT2D eigenvalue weighted by atomic mass is 10.1. The van der Waals surface area contributed by atoms with Crippen molar-refractivity contribution in [2.75, 3.05) is 6.61 Å². The SMILES string of the molecule is O[C@@H]1O[C@@H](COCc2ccccc2)[C@H](OCc2ccccc2)C1OCc1ccccc1. The van der Waals surface area contributed by atoms with Crippen LogP contribution in [0, 0.1) is 0 Å². The van der Waals surface area contributed by atoms with Crippen molar-refractivity contribution in [2.45, 2.75) is 44.4 Å². The van der Waals surface area contributed by atoms with E-state index >= 15 is 0 Å². The molecule has 1 fully saturated rings. The molecule has 0 aliphatic carbocycles. The van der Waals surface area contributed by atoms with E-state index in [1.54, 1.807) is 0 Å². The maximum atomic E-state index is 10.5. The lowest BCUT2D eigenvalue weighted by Crippen LogP contribution is -2.39. The zero-order valence-electron chi connectivity index (χ0n) is 17.4. The molecule has 4 rings (SSSR count). The van der Waals surface area contributed by atoms with E-state index in [1.807, 2.05) is 91.0 Å². The summed E-state index contributed by atoms with van der Waals surface area (Å²) in [5, 5.41) is 10.5. The van der Waals surface area contributed by atoms with Gasteiger partial charge in [-0.25, -0.2) is 0 Å². The summed E-state index contributed by atoms with van der Waals surface area (Å²) < 4.78 is 23.9. The molecule has 1 aliphatic rings. The van der Waals surface area contributed by atoms with E-state index in [4.69, 9.17) is 18.9 Å². The third-order valence-corrected chi connectivity index (χ3v) is 5.25. The molecule has 162 valence electrons. The highest BCUT2D eigenvalue weighted by molar-refractivity contribution is 5.15. The predicted octanol–water partition coefficient (Wildman–Crippen LogP) is 4.09. The van der Waals surface area contributed by atoms with E-state index in [0.717, 1.165) is 16.7 Å². The number of benzene rings is 3. The molecule has 1 N–H and O–H groups in total. The number of hydrogen-bond donors (Lipinski definition) is 1. The Morgan fingerprint density at radius 1 is 0.613 bits per heavy atom. The van der Waals surface area contributed by atoms with Crippen LogP contribution in [0.1, 0.15) is 16.7 Å². The average Bonchev–Trinajstić information content (AvgIpc) is 3.12. The van der Waals surface area contributed by atoms with Crippen molar-refractivity contribution in [2.24, 2.45) is 0 Å². The number of ether oxygens (including phenoxy) is 4. The first-order chi connectivity index (χ1) is 15.3. The smallest absolute Gasteiger partial charge is 0.184 e. The van der Waals surface area contributed by atoms with Crippen molar-refractivity contribution in [3.63, 3.8) is 0 Å². The van der Waals surface area contributed by atoms with Gasteiger partial charge in [0.1, 0.15) is 18.3 Å². The van der Waals surface area contributed by atoms with Gasteiger partial charge in [-0.2, -0.15) is 0 Å². The Morgan fingerprint density at radius 2 is 1.06 bits per heavy atom. The molecular formula is C26H28O5. The highest BCUT2D eigenvalue weighted by Crippen LogP contribution is 2.28. The minimum atomic E-state index is -1.07. The van der Waals surface area contributed by atoms with Crippen molar-refractivity contribution < 1.29 is 24.1 Å². The van der Waals surface area contributed by atoms with Gasteiger partial charge in [-0.3, -0.25) is 0 Å². The van der Waals surface area contributed by atoms with Crippen LogP contribution in [0.3, 0.4) is 0 Å². The van der Waals surface area contributed by atoms with Crippen LogP contribution in [0.15, 0.2) is 91.0 Å². The lowest BCUT2D eigenvalue weighted by molar-refractivity contribution is -0.153. The van der Waals surface area contributed by atoms with Crippen molar-refractivity contribution in [3.8, 4) is 0 Å². The maximum absolute atomic E-state index is 10.5. The average molecular weight is 421 g/mol. The van der Waals surface area contributed by atoms with Gasteiger partial charge in [-0.05, 0) is 16.7 Å². The Morgan fingerprint density at radius 3 is 1.58 bits per heavy atom. The Labute approximate surface area is 183 Å². The van der Waals surface area contributed by atoms with Crippen molar-refractivity contribution in [1.82, 2.24) is 0 Å². The van der Waals surface area contributed by atoms with Crippen LogP contribution < -0.4 is 0 Å². The van der Waals surface area contributed by atoms with Gasteiger partial charge >= 0.3 is 0 Å². The second-order valence-corrected chi connectivity index (χ2v) is 7.59. The Kier molecular flexibility index (Phi) is 7.82. The number of rotatable bonds is 10. The van der Waals surface area contributed by atoms with Gasteiger partial charge in [0.15, 0.2) is 6.29 Å². The summed E-state index contributed by atoms with van der Waals surface area (Å²) in [7, 11) is 0. The minimum Gasteiger partial charge on any atom is -0.374 e. The summed E-state index contributed by atoms with van der Waals surface area (Å²) in [5.74, 6) is 0. The molecule has 5 nitrogen and oxygen atoms in total. The van der Waals surface area contributed by atoms with E-state index < -0.39 is 24.6 Å². The van der Waals surface area contributed by atoms with Gasteiger partial charge in [-0.1, -0.05) is 91.0 Å². The molecule has 1 unspecified atom stereocenters. The zero-order valence-corrected chi connectivity index (χ0v) is 17.4. The molecule has 0 spiro atoms. The molecule has 3 aromatic carbocycles. The summed E-state index contributed by atoms with van der Waals surface area (Å²) in [6.07, 6.45) is -2.55. The van der Waals surface area contributed by atoms with Crippen molar-refractivity contribution >= 4 is 0 Å². The van der Waals surface area contributed by atoms with Crippen molar-refractivity contribution in [1.29, 1.82) is 0 Å². The normalized spacial score (nSPS) is 23.1. The molecule has 0 bridgehead atoms. The van der Waals surface area contributed by atoms with Crippen LogP contribution in [0.4, 0.5) is 0 Å². The first-order valence-electron chi connectivity index (χ1n) is 10.6. The van der Waals surface area contributed by atoms with Crippen LogP contribution in [0.2, 0.25) is 0 Å². The topological polar surface area (TPSA) is 57.2 Å². The summed E-state index contributed by atoms with van der Waals surface area (Å²) in [6.45, 7) is 1.55. The van der Waals surface area contributed by atoms with Crippen LogP contribution in [-0.4, -0.2) is 36.3 Å². The van der Waals surface area contributed by atoms with Gasteiger partial charge in [0, 0.05) is 0 Å². The number of hydrogen-bond acceptors (Lipinski definition) is 5. The largest absolute Gasteiger partial charge is 0.374 e. The molecule has 1 saturated heterocycles. The summed E-state index contributed by atoms with van der Waals surface area (Å²) in [4.78, 5) is 0. The monoisotopic (exact) mass is 420 g/mol. The molecule has 0 radical (unpaired) electrons. The highest BCUT2D eigenvalue weighted by atomic mass is 16.7. The molecule has 0 amide bonds. The van der Waals surface area contributed by atoms with Gasteiger partial charge < -0.3 is 24.1 Å². The van der Waals surface area contributed by atoms with Gasteiger partial charge in [0.25, 0.3) is 0 Å². The Bertz CT molecular complexity index is 887. The van der Waals surface area contributed by atoms with Crippen LogP contribution >= 0.6 is 0 Å². The van der Waals surface area contributed by atoms with E-state index in [-0.39, 0.29) is 0 Å². The molecule has 1 aliphatic heterocycles. The quantitative estimate of drug-likeness (QED) is 0.535. The zero-order chi connectivity index (χ0) is 21.3. The molecule has 1 heterocycles. The van der Waals surface area contributed by atoms with E-state index in [0.29, 0.717) is 26.4 Å². The van der Waals surface area contributed by atoms with Crippen LogP contribution in [0.25, 0.3) is 0 Å². The van der Waals surface area contributed by atoms with E-state index in [2.05, 4.69) is 0 Å². The Balaban J connectivity index is 1.39. The second-order valence-electron chi connectivity index (χ2n) is 7.59.